The lowest BCUT2D eigenvalue weighted by molar-refractivity contribution is -0.305. The first-order chi connectivity index (χ1) is 6.39. The topological polar surface area (TPSA) is 29.5 Å². The summed E-state index contributed by atoms with van der Waals surface area (Å²) in [7, 11) is 0. The van der Waals surface area contributed by atoms with Crippen LogP contribution in [0.3, 0.4) is 0 Å². The molecule has 0 aromatic heterocycles. The summed E-state index contributed by atoms with van der Waals surface area (Å²) in [6.07, 6.45) is -1.46. The highest BCUT2D eigenvalue weighted by Gasteiger charge is 2.30. The molecule has 0 unspecified atom stereocenters. The predicted molar refractivity (Wildman–Crippen MR) is 46.4 cm³/mol. The molecule has 0 aliphatic rings. The van der Waals surface area contributed by atoms with Gasteiger partial charge in [-0.1, -0.05) is 6.08 Å². The minimum atomic E-state index is -4.65. The lowest BCUT2D eigenvalue weighted by Gasteiger charge is -2.09. The number of rotatable bonds is 4. The normalized spacial score (nSPS) is 14.4. The number of hydrogen-bond acceptors (Lipinski definition) is 2. The summed E-state index contributed by atoms with van der Waals surface area (Å²) in [5, 5.41) is 8.58. The molecule has 0 aliphatic heterocycles. The third-order valence-electron chi connectivity index (χ3n) is 1.44. The van der Waals surface area contributed by atoms with Gasteiger partial charge >= 0.3 is 6.36 Å². The van der Waals surface area contributed by atoms with Crippen LogP contribution in [-0.2, 0) is 4.74 Å². The minimum Gasteiger partial charge on any atom is -0.411 e. The summed E-state index contributed by atoms with van der Waals surface area (Å²) in [6, 6.07) is 0. The molecule has 0 aromatic carbocycles. The highest BCUT2D eigenvalue weighted by atomic mass is 19.4. The van der Waals surface area contributed by atoms with E-state index < -0.39 is 6.36 Å². The molecule has 0 bridgehead atoms. The average molecular weight is 210 g/mol. The molecule has 0 saturated heterocycles. The summed E-state index contributed by atoms with van der Waals surface area (Å²) < 4.78 is 38.8. The molecule has 0 fully saturated rings. The van der Waals surface area contributed by atoms with Crippen LogP contribution < -0.4 is 0 Å². The minimum absolute atomic E-state index is 0.102. The second-order valence-electron chi connectivity index (χ2n) is 2.64. The summed E-state index contributed by atoms with van der Waals surface area (Å²) in [5.41, 5.74) is 0.606. The van der Waals surface area contributed by atoms with Gasteiger partial charge in [-0.2, -0.15) is 0 Å². The quantitative estimate of drug-likeness (QED) is 0.571. The summed E-state index contributed by atoms with van der Waals surface area (Å²) in [6.45, 7) is 2.80. The molecular weight excluding hydrogens is 197 g/mol. The largest absolute Gasteiger partial charge is 0.572 e. The molecule has 0 spiro atoms. The van der Waals surface area contributed by atoms with Gasteiger partial charge in [-0.15, -0.1) is 13.2 Å². The van der Waals surface area contributed by atoms with E-state index in [9.17, 15) is 13.2 Å². The molecule has 0 atom stereocenters. The van der Waals surface area contributed by atoms with E-state index in [1.54, 1.807) is 13.0 Å². The van der Waals surface area contributed by atoms with E-state index in [1.807, 2.05) is 0 Å². The molecule has 0 radical (unpaired) electrons. The van der Waals surface area contributed by atoms with E-state index in [0.717, 1.165) is 0 Å². The molecule has 0 amide bonds. The first-order valence-electron chi connectivity index (χ1n) is 4.09. The van der Waals surface area contributed by atoms with E-state index in [4.69, 9.17) is 5.11 Å². The molecule has 5 heteroatoms. The molecule has 0 saturated carbocycles. The average Bonchev–Trinajstić information content (AvgIpc) is 2.00. The lowest BCUT2D eigenvalue weighted by atomic mass is 10.1. The van der Waals surface area contributed by atoms with Crippen LogP contribution in [0.4, 0.5) is 13.2 Å². The van der Waals surface area contributed by atoms with Crippen LogP contribution in [0.5, 0.6) is 0 Å². The number of ether oxygens (including phenoxy) is 1. The second kappa shape index (κ2) is 5.70. The monoisotopic (exact) mass is 210 g/mol. The standard InChI is InChI=1S/C9H13F3O2/c1-3-8(4-5-13)6-7(2)14-9(10,11)12/h3,6,13H,4-5H2,1-2H3/b7-6+,8-3-. The van der Waals surface area contributed by atoms with Crippen molar-refractivity contribution in [3.63, 3.8) is 0 Å². The smallest absolute Gasteiger partial charge is 0.411 e. The van der Waals surface area contributed by atoms with Crippen LogP contribution in [0.2, 0.25) is 0 Å². The summed E-state index contributed by atoms with van der Waals surface area (Å²) in [4.78, 5) is 0. The number of halogens is 3. The second-order valence-corrected chi connectivity index (χ2v) is 2.64. The zero-order valence-electron chi connectivity index (χ0n) is 8.06. The number of alkyl halides is 3. The fourth-order valence-corrected chi connectivity index (χ4v) is 0.902. The number of allylic oxidation sites excluding steroid dienone is 3. The molecular formula is C9H13F3O2. The van der Waals surface area contributed by atoms with Crippen molar-refractivity contribution in [1.82, 2.24) is 0 Å². The Labute approximate surface area is 80.7 Å². The number of aliphatic hydroxyl groups excluding tert-OH is 1. The first kappa shape index (κ1) is 13.0. The van der Waals surface area contributed by atoms with Crippen molar-refractivity contribution in [2.45, 2.75) is 26.6 Å². The van der Waals surface area contributed by atoms with Crippen molar-refractivity contribution >= 4 is 0 Å². The summed E-state index contributed by atoms with van der Waals surface area (Å²) >= 11 is 0. The van der Waals surface area contributed by atoms with E-state index in [-0.39, 0.29) is 12.4 Å². The Bertz CT molecular complexity index is 229. The van der Waals surface area contributed by atoms with Gasteiger partial charge in [0.25, 0.3) is 0 Å². The van der Waals surface area contributed by atoms with Gasteiger partial charge in [0.1, 0.15) is 5.76 Å². The Kier molecular flexibility index (Phi) is 5.30. The Balaban J connectivity index is 4.35. The third kappa shape index (κ3) is 6.54. The summed E-state index contributed by atoms with van der Waals surface area (Å²) in [5.74, 6) is -0.237. The van der Waals surface area contributed by atoms with Crippen molar-refractivity contribution in [1.29, 1.82) is 0 Å². The van der Waals surface area contributed by atoms with Crippen LogP contribution in [0.1, 0.15) is 20.3 Å². The van der Waals surface area contributed by atoms with Crippen molar-refractivity contribution in [2.24, 2.45) is 0 Å². The van der Waals surface area contributed by atoms with Crippen LogP contribution in [0.15, 0.2) is 23.5 Å². The van der Waals surface area contributed by atoms with Crippen LogP contribution >= 0.6 is 0 Å². The molecule has 0 aromatic rings. The maximum Gasteiger partial charge on any atom is 0.572 e. The van der Waals surface area contributed by atoms with Gasteiger partial charge in [-0.05, 0) is 31.9 Å². The molecule has 0 rings (SSSR count). The van der Waals surface area contributed by atoms with E-state index in [1.165, 1.54) is 13.0 Å². The van der Waals surface area contributed by atoms with Gasteiger partial charge in [-0.3, -0.25) is 0 Å². The maximum atomic E-state index is 11.7. The van der Waals surface area contributed by atoms with Crippen molar-refractivity contribution in [2.75, 3.05) is 6.61 Å². The van der Waals surface area contributed by atoms with Gasteiger partial charge in [0.05, 0.1) is 0 Å². The molecule has 82 valence electrons. The van der Waals surface area contributed by atoms with Gasteiger partial charge in [0, 0.05) is 6.61 Å². The van der Waals surface area contributed by atoms with Crippen molar-refractivity contribution in [3.8, 4) is 0 Å². The third-order valence-corrected chi connectivity index (χ3v) is 1.44. The molecule has 0 heterocycles. The zero-order chi connectivity index (χ0) is 11.2. The Hall–Kier alpha value is -0.970. The van der Waals surface area contributed by atoms with Crippen LogP contribution in [-0.4, -0.2) is 18.1 Å². The van der Waals surface area contributed by atoms with Gasteiger partial charge in [-0.25, -0.2) is 0 Å². The van der Waals surface area contributed by atoms with Gasteiger partial charge < -0.3 is 9.84 Å². The van der Waals surface area contributed by atoms with Gasteiger partial charge in [0.2, 0.25) is 0 Å². The predicted octanol–water partition coefficient (Wildman–Crippen LogP) is 2.76. The van der Waals surface area contributed by atoms with Crippen molar-refractivity contribution in [3.05, 3.63) is 23.5 Å². The SMILES string of the molecule is C/C=C(\C=C(/C)OC(F)(F)F)CCO. The maximum absolute atomic E-state index is 11.7. The fraction of sp³-hybridized carbons (Fsp3) is 0.556. The molecule has 0 aliphatic carbocycles. The fourth-order valence-electron chi connectivity index (χ4n) is 0.902. The Morgan fingerprint density at radius 2 is 2.00 bits per heavy atom. The van der Waals surface area contributed by atoms with E-state index in [0.29, 0.717) is 12.0 Å². The molecule has 14 heavy (non-hydrogen) atoms. The number of aliphatic hydroxyl groups is 1. The Morgan fingerprint density at radius 3 is 2.36 bits per heavy atom. The lowest BCUT2D eigenvalue weighted by Crippen LogP contribution is -2.11. The van der Waals surface area contributed by atoms with Gasteiger partial charge in [0.15, 0.2) is 0 Å². The van der Waals surface area contributed by atoms with Crippen LogP contribution in [0, 0.1) is 0 Å². The van der Waals surface area contributed by atoms with Crippen LogP contribution in [0.25, 0.3) is 0 Å². The highest BCUT2D eigenvalue weighted by molar-refractivity contribution is 5.19. The van der Waals surface area contributed by atoms with E-state index in [2.05, 4.69) is 4.74 Å². The number of hydrogen-bond donors (Lipinski definition) is 1. The van der Waals surface area contributed by atoms with E-state index >= 15 is 0 Å². The molecule has 2 nitrogen and oxygen atoms in total. The Morgan fingerprint density at radius 1 is 1.43 bits per heavy atom. The zero-order valence-corrected chi connectivity index (χ0v) is 8.06. The molecule has 1 N–H and O–H groups in total. The highest BCUT2D eigenvalue weighted by Crippen LogP contribution is 2.21. The first-order valence-corrected chi connectivity index (χ1v) is 4.09. The van der Waals surface area contributed by atoms with Crippen molar-refractivity contribution < 1.29 is 23.0 Å².